The van der Waals surface area contributed by atoms with Crippen molar-refractivity contribution in [3.63, 3.8) is 0 Å². The molecule has 0 spiro atoms. The van der Waals surface area contributed by atoms with Crippen LogP contribution >= 0.6 is 0 Å². The van der Waals surface area contributed by atoms with E-state index in [2.05, 4.69) is 108 Å². The van der Waals surface area contributed by atoms with Gasteiger partial charge in [-0.05, 0) is 28.0 Å². The summed E-state index contributed by atoms with van der Waals surface area (Å²) in [6.07, 6.45) is 1.87. The van der Waals surface area contributed by atoms with Crippen LogP contribution in [0.2, 0.25) is 0 Å². The van der Waals surface area contributed by atoms with Crippen LogP contribution < -0.4 is 4.74 Å². The maximum atomic E-state index is 9.58. The molecule has 0 saturated heterocycles. The first-order chi connectivity index (χ1) is 40.5. The van der Waals surface area contributed by atoms with Crippen molar-refractivity contribution in [3.05, 3.63) is 239 Å². The molecule has 0 N–H and O–H groups in total. The summed E-state index contributed by atoms with van der Waals surface area (Å²) in [5, 5.41) is 4.00. The maximum absolute atomic E-state index is 9.58. The number of hydrogen-bond acceptors (Lipinski definition) is 2. The molecule has 0 unspecified atom stereocenters. The molecule has 0 aliphatic heterocycles. The molecule has 4 aromatic heterocycles. The van der Waals surface area contributed by atoms with E-state index < -0.39 is 60.4 Å². The normalized spacial score (nSPS) is 14.1. The number of hydrogen-bond donors (Lipinski definition) is 0. The SMILES string of the molecule is [2H]c1c([2H])c([2H])c(-c2cc(-n3c4ccccc4c4ccccc43)cc(-c3c([2H])c([2H])c([2H])c([2H])c3[2H])c2-n2[c](=[Pt])n(-c3cccc(Oc4ccc5c6cc(C(C)(C)C)ccc6n(-c6cc(C(C)(C)C)ccn6)c5c4)c3)c3ccccc32)c([2H])c1[2H]. The Bertz CT molecular complexity index is 4860. The van der Waals surface area contributed by atoms with Gasteiger partial charge in [0.1, 0.15) is 0 Å². The van der Waals surface area contributed by atoms with E-state index in [1.165, 1.54) is 5.56 Å². The topological polar surface area (TPSA) is 41.8 Å². The van der Waals surface area contributed by atoms with Crippen molar-refractivity contribution in [2.75, 3.05) is 0 Å². The van der Waals surface area contributed by atoms with Crippen LogP contribution in [0.4, 0.5) is 0 Å². The molecule has 0 bridgehead atoms. The van der Waals surface area contributed by atoms with Crippen LogP contribution in [0, 0.1) is 3.80 Å². The number of ether oxygens (including phenoxy) is 1. The van der Waals surface area contributed by atoms with Crippen molar-refractivity contribution in [3.8, 4) is 56.6 Å². The second kappa shape index (κ2) is 18.0. The molecule has 0 atom stereocenters. The number of imidazole rings is 1. The quantitative estimate of drug-likeness (QED) is 0.152. The number of aromatic nitrogens is 5. The molecular weight excluding hydrogens is 1100 g/mol. The summed E-state index contributed by atoms with van der Waals surface area (Å²) in [5.74, 6) is 1.91. The first kappa shape index (κ1) is 36.6. The van der Waals surface area contributed by atoms with Crippen LogP contribution in [0.3, 0.4) is 0 Å². The fourth-order valence-electron chi connectivity index (χ4n) is 10.5. The standard InChI is InChI=1S/C68H55N5O.Pt/c1-67(2,3)47-32-35-61-58(38-47)55-34-33-52(43-64(55)73(61)65-39-48(36-37-69-65)68(4,5)6)74-51-25-19-24-49(40-51)70-44-71(63-31-18-17-30-62(63)70)66-56(45-20-9-7-10-21-45)41-50(42-57(66)46-22-11-8-12-23-46)72-59-28-15-13-26-53(59)54-27-14-16-29-60(54)72;/h7-43H,1-6H3;/i7D,8D,9D,10D,11D,12D,20D,21D,22D,23D;. The Morgan fingerprint density at radius 1 is 0.427 bits per heavy atom. The third-order valence-electron chi connectivity index (χ3n) is 14.2. The molecule has 13 aromatic rings. The van der Waals surface area contributed by atoms with Gasteiger partial charge in [0, 0.05) is 6.20 Å². The Morgan fingerprint density at radius 2 is 0.973 bits per heavy atom. The van der Waals surface area contributed by atoms with Gasteiger partial charge in [-0.2, -0.15) is 0 Å². The molecule has 368 valence electrons. The predicted molar refractivity (Wildman–Crippen MR) is 307 cm³/mol. The molecule has 9 aromatic carbocycles. The Morgan fingerprint density at radius 3 is 1.60 bits per heavy atom. The van der Waals surface area contributed by atoms with Crippen molar-refractivity contribution < 1.29 is 37.8 Å². The van der Waals surface area contributed by atoms with Gasteiger partial charge in [-0.1, -0.05) is 47.6 Å². The van der Waals surface area contributed by atoms with E-state index in [0.717, 1.165) is 55.0 Å². The number of pyridine rings is 1. The number of nitrogens with zero attached hydrogens (tertiary/aromatic N) is 5. The van der Waals surface area contributed by atoms with Crippen LogP contribution in [0.5, 0.6) is 11.5 Å². The fourth-order valence-corrected chi connectivity index (χ4v) is 11.6. The number of benzene rings is 9. The number of para-hydroxylation sites is 4. The zero-order valence-corrected chi connectivity index (χ0v) is 44.3. The molecule has 7 heteroatoms. The van der Waals surface area contributed by atoms with Crippen LogP contribution in [0.1, 0.15) is 66.4 Å². The molecule has 6 nitrogen and oxygen atoms in total. The summed E-state index contributed by atoms with van der Waals surface area (Å²) in [6, 6.07) is 46.2. The van der Waals surface area contributed by atoms with Crippen molar-refractivity contribution in [2.24, 2.45) is 0 Å². The van der Waals surface area contributed by atoms with Gasteiger partial charge < -0.3 is 0 Å². The first-order valence-corrected chi connectivity index (χ1v) is 26.0. The Labute approximate surface area is 461 Å². The van der Waals surface area contributed by atoms with E-state index >= 15 is 0 Å². The minimum absolute atomic E-state index is 0.0818. The van der Waals surface area contributed by atoms with Crippen LogP contribution in [0.15, 0.2) is 224 Å². The van der Waals surface area contributed by atoms with E-state index in [4.69, 9.17) is 17.9 Å². The molecule has 0 radical (unpaired) electrons. The van der Waals surface area contributed by atoms with Gasteiger partial charge in [0.2, 0.25) is 0 Å². The number of fused-ring (bicyclic) bond motifs is 7. The van der Waals surface area contributed by atoms with Crippen LogP contribution in [0.25, 0.3) is 99.8 Å². The summed E-state index contributed by atoms with van der Waals surface area (Å²) in [7, 11) is 0. The molecule has 0 aliphatic rings. The molecule has 0 fully saturated rings. The second-order valence-corrected chi connectivity index (χ2v) is 21.9. The summed E-state index contributed by atoms with van der Waals surface area (Å²) in [6.45, 7) is 13.2. The first-order valence-electron chi connectivity index (χ1n) is 29.9. The van der Waals surface area contributed by atoms with Gasteiger partial charge in [0.05, 0.1) is 0 Å². The number of rotatable bonds is 8. The average Bonchev–Trinajstić information content (AvgIpc) is 1.85. The van der Waals surface area contributed by atoms with Crippen molar-refractivity contribution >= 4 is 54.6 Å². The Balaban J connectivity index is 1.06. The van der Waals surface area contributed by atoms with Gasteiger partial charge in [-0.3, -0.25) is 0 Å². The summed E-state index contributed by atoms with van der Waals surface area (Å²) < 4.78 is 107. The van der Waals surface area contributed by atoms with E-state index in [0.29, 0.717) is 37.7 Å². The second-order valence-electron chi connectivity index (χ2n) is 20.9. The monoisotopic (exact) mass is 1160 g/mol. The summed E-state index contributed by atoms with van der Waals surface area (Å²) in [4.78, 5) is 4.93. The fraction of sp³-hybridized carbons (Fsp3) is 0.118. The van der Waals surface area contributed by atoms with E-state index in [1.807, 2.05) is 123 Å². The van der Waals surface area contributed by atoms with E-state index in [9.17, 15) is 5.48 Å². The average molecular weight is 1160 g/mol. The van der Waals surface area contributed by atoms with Crippen molar-refractivity contribution in [1.82, 2.24) is 23.3 Å². The minimum atomic E-state index is -0.578. The zero-order valence-electron chi connectivity index (χ0n) is 52.0. The van der Waals surface area contributed by atoms with Gasteiger partial charge in [0.25, 0.3) is 0 Å². The van der Waals surface area contributed by atoms with Gasteiger partial charge >= 0.3 is 382 Å². The molecule has 0 aliphatic carbocycles. The summed E-state index contributed by atoms with van der Waals surface area (Å²) >= 11 is 2.21. The molecule has 13 rings (SSSR count). The van der Waals surface area contributed by atoms with Gasteiger partial charge in [0.15, 0.2) is 0 Å². The van der Waals surface area contributed by atoms with Crippen LogP contribution in [-0.2, 0) is 30.2 Å². The van der Waals surface area contributed by atoms with E-state index in [1.54, 1.807) is 12.1 Å². The predicted octanol–water partition coefficient (Wildman–Crippen LogP) is 17.8. The molecule has 4 heterocycles. The van der Waals surface area contributed by atoms with Gasteiger partial charge in [-0.15, -0.1) is 0 Å². The van der Waals surface area contributed by atoms with Gasteiger partial charge in [-0.25, -0.2) is 0 Å². The van der Waals surface area contributed by atoms with E-state index in [-0.39, 0.29) is 38.8 Å². The third kappa shape index (κ3) is 7.98. The Kier molecular flexibility index (Phi) is 8.76. The third-order valence-corrected chi connectivity index (χ3v) is 15.2. The molecule has 75 heavy (non-hydrogen) atoms. The summed E-state index contributed by atoms with van der Waals surface area (Å²) in [5.41, 5.74) is 8.38. The molecule has 0 saturated carbocycles. The zero-order chi connectivity index (χ0) is 59.9. The Hall–Kier alpha value is -8.31. The van der Waals surface area contributed by atoms with Crippen LogP contribution in [-0.4, -0.2) is 23.3 Å². The van der Waals surface area contributed by atoms with Crippen molar-refractivity contribution in [2.45, 2.75) is 52.4 Å². The molecule has 0 amide bonds. The van der Waals surface area contributed by atoms with Crippen molar-refractivity contribution in [1.29, 1.82) is 0 Å². The molecular formula is C68H55N5OPt.